The van der Waals surface area contributed by atoms with Gasteiger partial charge in [0.25, 0.3) is 0 Å². The zero-order valence-corrected chi connectivity index (χ0v) is 27.2. The van der Waals surface area contributed by atoms with Crippen LogP contribution in [0, 0.1) is 17.8 Å². The van der Waals surface area contributed by atoms with Crippen LogP contribution in [0.15, 0.2) is 42.9 Å². The molecule has 10 heteroatoms. The van der Waals surface area contributed by atoms with Crippen molar-refractivity contribution < 1.29 is 24.0 Å². The van der Waals surface area contributed by atoms with E-state index in [1.807, 2.05) is 65.0 Å². The quantitative estimate of drug-likeness (QED) is 0.207. The Bertz CT molecular complexity index is 1150. The molecule has 43 heavy (non-hydrogen) atoms. The first-order valence-electron chi connectivity index (χ1n) is 15.7. The second-order valence-corrected chi connectivity index (χ2v) is 15.7. The van der Waals surface area contributed by atoms with Gasteiger partial charge < -0.3 is 25.8 Å². The van der Waals surface area contributed by atoms with Gasteiger partial charge in [0.05, 0.1) is 24.4 Å². The van der Waals surface area contributed by atoms with Crippen LogP contribution >= 0.6 is 0 Å². The number of imidazole rings is 1. The molecule has 1 saturated carbocycles. The van der Waals surface area contributed by atoms with Crippen LogP contribution in [-0.4, -0.2) is 71.0 Å². The van der Waals surface area contributed by atoms with Crippen LogP contribution in [-0.2, 0) is 33.2 Å². The molecule has 6 atom stereocenters. The average molecular weight is 617 g/mol. The highest BCUT2D eigenvalue weighted by Crippen LogP contribution is 2.29. The first-order chi connectivity index (χ1) is 20.3. The minimum Gasteiger partial charge on any atom is -0.390 e. The molecule has 1 aromatic heterocycles. The number of aliphatic hydroxyl groups is 2. The maximum Gasteiger partial charge on any atom is 0.243 e. The average Bonchev–Trinajstić information content (AvgIpc) is 3.49. The van der Waals surface area contributed by atoms with Gasteiger partial charge in [-0.15, -0.1) is 0 Å². The Labute approximate surface area is 259 Å². The summed E-state index contributed by atoms with van der Waals surface area (Å²) in [5.41, 5.74) is 1.62. The van der Waals surface area contributed by atoms with E-state index in [1.54, 1.807) is 6.20 Å². The molecule has 1 aliphatic carbocycles. The first-order valence-corrected chi connectivity index (χ1v) is 17.0. The molecule has 0 saturated heterocycles. The molecule has 240 valence electrons. The largest absolute Gasteiger partial charge is 0.390 e. The normalized spacial score (nSPS) is 18.8. The van der Waals surface area contributed by atoms with Gasteiger partial charge in [-0.25, -0.2) is 4.98 Å². The van der Waals surface area contributed by atoms with Crippen molar-refractivity contribution in [1.82, 2.24) is 20.6 Å². The predicted molar refractivity (Wildman–Crippen MR) is 171 cm³/mol. The molecule has 5 N–H and O–H groups in total. The summed E-state index contributed by atoms with van der Waals surface area (Å²) in [5.74, 6) is -1.10. The monoisotopic (exact) mass is 616 g/mol. The van der Waals surface area contributed by atoms with Gasteiger partial charge in [0.2, 0.25) is 11.8 Å². The van der Waals surface area contributed by atoms with E-state index in [4.69, 9.17) is 0 Å². The summed E-state index contributed by atoms with van der Waals surface area (Å²) in [7, 11) is -1.29. The zero-order chi connectivity index (χ0) is 31.6. The number of hydrogen-bond donors (Lipinski definition) is 5. The molecule has 2 amide bonds. The number of amides is 2. The van der Waals surface area contributed by atoms with Crippen molar-refractivity contribution in [3.63, 3.8) is 0 Å². The lowest BCUT2D eigenvalue weighted by atomic mass is 9.82. The zero-order valence-electron chi connectivity index (χ0n) is 26.4. The minimum atomic E-state index is -1.29. The standard InChI is InChI=1S/C33H52N4O5S/c1-22(2)29(38)30(39)27(17-24-14-10-7-11-15-24)36-32(41)28(18-26-19-34-21-35-26)37-31(40)25(20-43(42)33(3,4)5)16-23-12-8-6-9-13-23/h6,8-9,12-13,19,21-22,24-25,27-30,38-39H,7,10-11,14-18,20H2,1-5H3,(H,34,35)(H,36,41)(H,37,40)/t25?,27-,28-,29-,30+,43-/m0/s1. The lowest BCUT2D eigenvalue weighted by Crippen LogP contribution is -2.57. The highest BCUT2D eigenvalue weighted by atomic mass is 32.2. The Balaban J connectivity index is 1.84. The van der Waals surface area contributed by atoms with Crippen molar-refractivity contribution in [3.8, 4) is 0 Å². The third-order valence-electron chi connectivity index (χ3n) is 8.43. The Kier molecular flexibility index (Phi) is 13.4. The van der Waals surface area contributed by atoms with E-state index >= 15 is 0 Å². The van der Waals surface area contributed by atoms with Gasteiger partial charge in [-0.1, -0.05) is 76.3 Å². The minimum absolute atomic E-state index is 0.159. The second-order valence-electron chi connectivity index (χ2n) is 13.4. The second kappa shape index (κ2) is 16.5. The van der Waals surface area contributed by atoms with E-state index in [2.05, 4.69) is 20.6 Å². The van der Waals surface area contributed by atoms with Crippen molar-refractivity contribution in [2.45, 2.75) is 115 Å². The first kappa shape index (κ1) is 34.9. The smallest absolute Gasteiger partial charge is 0.243 e. The fourth-order valence-corrected chi connectivity index (χ4v) is 6.79. The van der Waals surface area contributed by atoms with Crippen LogP contribution in [0.3, 0.4) is 0 Å². The van der Waals surface area contributed by atoms with E-state index < -0.39 is 51.7 Å². The molecule has 0 bridgehead atoms. The number of H-pyrrole nitrogens is 1. The molecule has 1 aliphatic rings. The van der Waals surface area contributed by atoms with Crippen LogP contribution in [0.4, 0.5) is 0 Å². The fourth-order valence-electron chi connectivity index (χ4n) is 5.66. The third-order valence-corrected chi connectivity index (χ3v) is 10.5. The SMILES string of the molecule is CC(C)[C@H](O)[C@H](O)[C@H](CC1CCCCC1)NC(=O)[C@H](Cc1cnc[nH]1)NC(=O)C(Cc1ccccc1)C[S@](=O)C(C)(C)C. The van der Waals surface area contributed by atoms with E-state index in [0.717, 1.165) is 31.2 Å². The van der Waals surface area contributed by atoms with Crippen LogP contribution in [0.1, 0.15) is 84.4 Å². The summed E-state index contributed by atoms with van der Waals surface area (Å²) >= 11 is 0. The Morgan fingerprint density at radius 1 is 1.00 bits per heavy atom. The van der Waals surface area contributed by atoms with Crippen LogP contribution in [0.25, 0.3) is 0 Å². The fraction of sp³-hybridized carbons (Fsp3) is 0.667. The lowest BCUT2D eigenvalue weighted by Gasteiger charge is -2.34. The maximum absolute atomic E-state index is 13.9. The summed E-state index contributed by atoms with van der Waals surface area (Å²) in [6, 6.07) is 7.96. The maximum atomic E-state index is 13.9. The summed E-state index contributed by atoms with van der Waals surface area (Å²) in [6.07, 6.45) is 7.56. The van der Waals surface area contributed by atoms with Gasteiger partial charge in [0.1, 0.15) is 12.1 Å². The number of rotatable bonds is 15. The highest BCUT2D eigenvalue weighted by molar-refractivity contribution is 7.86. The third kappa shape index (κ3) is 11.1. The molecule has 0 aliphatic heterocycles. The molecule has 1 unspecified atom stereocenters. The number of aliphatic hydroxyl groups excluding tert-OH is 2. The van der Waals surface area contributed by atoms with Crippen molar-refractivity contribution in [1.29, 1.82) is 0 Å². The van der Waals surface area contributed by atoms with Crippen molar-refractivity contribution in [2.24, 2.45) is 17.8 Å². The molecule has 1 fully saturated rings. The molecular weight excluding hydrogens is 564 g/mol. The number of nitrogens with one attached hydrogen (secondary N) is 3. The molecule has 3 rings (SSSR count). The van der Waals surface area contributed by atoms with Gasteiger partial charge in [-0.05, 0) is 51.0 Å². The summed E-state index contributed by atoms with van der Waals surface area (Å²) in [4.78, 5) is 34.8. The summed E-state index contributed by atoms with van der Waals surface area (Å²) < 4.78 is 12.7. The van der Waals surface area contributed by atoms with Gasteiger partial charge in [-0.2, -0.15) is 0 Å². The number of hydrogen-bond acceptors (Lipinski definition) is 6. The number of benzene rings is 1. The number of carbonyl (C=O) groups is 2. The molecule has 1 heterocycles. The number of carbonyl (C=O) groups excluding carboxylic acids is 2. The summed E-state index contributed by atoms with van der Waals surface area (Å²) in [5, 5.41) is 27.9. The van der Waals surface area contributed by atoms with E-state index in [0.29, 0.717) is 24.5 Å². The van der Waals surface area contributed by atoms with E-state index in [1.165, 1.54) is 12.7 Å². The van der Waals surface area contributed by atoms with Gasteiger partial charge in [0.15, 0.2) is 0 Å². The summed E-state index contributed by atoms with van der Waals surface area (Å²) in [6.45, 7) is 9.33. The molecule has 0 radical (unpaired) electrons. The Hall–Kier alpha value is -2.56. The predicted octanol–water partition coefficient (Wildman–Crippen LogP) is 3.68. The van der Waals surface area contributed by atoms with Crippen LogP contribution < -0.4 is 10.6 Å². The van der Waals surface area contributed by atoms with E-state index in [9.17, 15) is 24.0 Å². The van der Waals surface area contributed by atoms with Crippen LogP contribution in [0.2, 0.25) is 0 Å². The number of aromatic nitrogens is 2. The Morgan fingerprint density at radius 3 is 2.26 bits per heavy atom. The Morgan fingerprint density at radius 2 is 1.67 bits per heavy atom. The topological polar surface area (TPSA) is 144 Å². The van der Waals surface area contributed by atoms with Gasteiger partial charge in [0, 0.05) is 39.6 Å². The molecule has 2 aromatic rings. The molecule has 1 aromatic carbocycles. The van der Waals surface area contributed by atoms with Crippen molar-refractivity contribution in [3.05, 3.63) is 54.1 Å². The molecular formula is C33H52N4O5S. The van der Waals surface area contributed by atoms with Gasteiger partial charge >= 0.3 is 0 Å². The van der Waals surface area contributed by atoms with Gasteiger partial charge in [-0.3, -0.25) is 13.8 Å². The highest BCUT2D eigenvalue weighted by Gasteiger charge is 2.35. The number of nitrogens with zero attached hydrogens (tertiary/aromatic N) is 1. The van der Waals surface area contributed by atoms with E-state index in [-0.39, 0.29) is 24.0 Å². The van der Waals surface area contributed by atoms with Crippen LogP contribution in [0.5, 0.6) is 0 Å². The lowest BCUT2D eigenvalue weighted by molar-refractivity contribution is -0.132. The molecule has 9 nitrogen and oxygen atoms in total. The van der Waals surface area contributed by atoms with Crippen molar-refractivity contribution >= 4 is 22.6 Å². The molecule has 0 spiro atoms. The number of aromatic amines is 1. The van der Waals surface area contributed by atoms with Crippen molar-refractivity contribution in [2.75, 3.05) is 5.75 Å².